The lowest BCUT2D eigenvalue weighted by Crippen LogP contribution is -2.20. The van der Waals surface area contributed by atoms with Gasteiger partial charge in [-0.25, -0.2) is 4.68 Å². The summed E-state index contributed by atoms with van der Waals surface area (Å²) in [5.74, 6) is 1.50. The SMILES string of the molecule is COc1ccc(Cn2nnnc2SCC(O)COc2c(Cl)cccc2Cl)cc1. The highest BCUT2D eigenvalue weighted by Crippen LogP contribution is 2.32. The van der Waals surface area contributed by atoms with Gasteiger partial charge < -0.3 is 14.6 Å². The quantitative estimate of drug-likeness (QED) is 0.509. The van der Waals surface area contributed by atoms with E-state index in [0.29, 0.717) is 33.2 Å². The summed E-state index contributed by atoms with van der Waals surface area (Å²) >= 11 is 13.4. The van der Waals surface area contributed by atoms with E-state index in [9.17, 15) is 5.11 Å². The Morgan fingerprint density at radius 2 is 1.86 bits per heavy atom. The summed E-state index contributed by atoms with van der Waals surface area (Å²) in [5, 5.41) is 23.3. The number of rotatable bonds is 9. The largest absolute Gasteiger partial charge is 0.497 e. The number of nitrogens with zero attached hydrogens (tertiary/aromatic N) is 4. The van der Waals surface area contributed by atoms with Gasteiger partial charge in [0.25, 0.3) is 0 Å². The lowest BCUT2D eigenvalue weighted by Gasteiger charge is -2.14. The lowest BCUT2D eigenvalue weighted by atomic mass is 10.2. The van der Waals surface area contributed by atoms with Gasteiger partial charge in [-0.05, 0) is 40.3 Å². The van der Waals surface area contributed by atoms with Gasteiger partial charge in [0.2, 0.25) is 5.16 Å². The van der Waals surface area contributed by atoms with Crippen LogP contribution in [0.3, 0.4) is 0 Å². The Morgan fingerprint density at radius 3 is 2.54 bits per heavy atom. The number of hydrogen-bond acceptors (Lipinski definition) is 7. The predicted molar refractivity (Wildman–Crippen MR) is 109 cm³/mol. The Bertz CT molecular complexity index is 888. The van der Waals surface area contributed by atoms with Gasteiger partial charge in [-0.1, -0.05) is 53.2 Å². The van der Waals surface area contributed by atoms with Gasteiger partial charge in [-0.2, -0.15) is 0 Å². The molecular formula is C18H18Cl2N4O3S. The van der Waals surface area contributed by atoms with Crippen molar-refractivity contribution in [2.45, 2.75) is 17.8 Å². The van der Waals surface area contributed by atoms with Crippen molar-refractivity contribution in [1.29, 1.82) is 0 Å². The van der Waals surface area contributed by atoms with E-state index in [-0.39, 0.29) is 6.61 Å². The average molecular weight is 441 g/mol. The number of tetrazole rings is 1. The van der Waals surface area contributed by atoms with Crippen LogP contribution in [0.1, 0.15) is 5.56 Å². The van der Waals surface area contributed by atoms with Crippen molar-refractivity contribution in [3.63, 3.8) is 0 Å². The Balaban J connectivity index is 1.52. The van der Waals surface area contributed by atoms with Crippen LogP contribution < -0.4 is 9.47 Å². The van der Waals surface area contributed by atoms with E-state index < -0.39 is 6.10 Å². The monoisotopic (exact) mass is 440 g/mol. The van der Waals surface area contributed by atoms with Crippen LogP contribution in [0.4, 0.5) is 0 Å². The molecule has 3 rings (SSSR count). The van der Waals surface area contributed by atoms with Crippen LogP contribution in [-0.2, 0) is 6.54 Å². The van der Waals surface area contributed by atoms with Crippen molar-refractivity contribution in [2.24, 2.45) is 0 Å². The Kier molecular flexibility index (Phi) is 7.38. The number of aliphatic hydroxyl groups is 1. The van der Waals surface area contributed by atoms with Crippen LogP contribution >= 0.6 is 35.0 Å². The van der Waals surface area contributed by atoms with Gasteiger partial charge in [0.1, 0.15) is 12.4 Å². The second kappa shape index (κ2) is 9.97. The number of thioether (sulfide) groups is 1. The third-order valence-corrected chi connectivity index (χ3v) is 5.43. The third-order valence-electron chi connectivity index (χ3n) is 3.73. The summed E-state index contributed by atoms with van der Waals surface area (Å²) < 4.78 is 12.4. The van der Waals surface area contributed by atoms with E-state index in [0.717, 1.165) is 11.3 Å². The number of hydrogen-bond donors (Lipinski definition) is 1. The van der Waals surface area contributed by atoms with Crippen molar-refractivity contribution < 1.29 is 14.6 Å². The molecule has 1 atom stereocenters. The minimum absolute atomic E-state index is 0.0521. The Labute approximate surface area is 176 Å². The number of benzene rings is 2. The Hall–Kier alpha value is -2.00. The normalized spacial score (nSPS) is 12.0. The topological polar surface area (TPSA) is 82.3 Å². The molecule has 0 spiro atoms. The molecule has 0 aliphatic rings. The van der Waals surface area contributed by atoms with E-state index >= 15 is 0 Å². The summed E-state index contributed by atoms with van der Waals surface area (Å²) in [6.07, 6.45) is -0.747. The molecule has 10 heteroatoms. The number of aliphatic hydroxyl groups excluding tert-OH is 1. The first-order chi connectivity index (χ1) is 13.6. The van der Waals surface area contributed by atoms with Gasteiger partial charge >= 0.3 is 0 Å². The summed E-state index contributed by atoms with van der Waals surface area (Å²) in [6.45, 7) is 0.567. The van der Waals surface area contributed by atoms with Gasteiger partial charge in [0, 0.05) is 5.75 Å². The molecule has 1 heterocycles. The first-order valence-electron chi connectivity index (χ1n) is 8.33. The zero-order chi connectivity index (χ0) is 19.9. The standard InChI is InChI=1S/C18H18Cl2N4O3S/c1-26-14-7-5-12(6-8-14)9-24-18(21-22-23-24)28-11-13(25)10-27-17-15(19)3-2-4-16(17)20/h2-8,13,25H,9-11H2,1H3. The highest BCUT2D eigenvalue weighted by Gasteiger charge is 2.14. The van der Waals surface area contributed by atoms with Gasteiger partial charge in [-0.15, -0.1) is 5.10 Å². The molecular weight excluding hydrogens is 423 g/mol. The summed E-state index contributed by atoms with van der Waals surface area (Å²) in [4.78, 5) is 0. The molecule has 2 aromatic carbocycles. The molecule has 0 saturated heterocycles. The first kappa shape index (κ1) is 20.7. The third kappa shape index (κ3) is 5.51. The predicted octanol–water partition coefficient (Wildman–Crippen LogP) is 3.57. The van der Waals surface area contributed by atoms with Crippen LogP contribution in [0, 0.1) is 0 Å². The molecule has 1 N–H and O–H groups in total. The molecule has 148 valence electrons. The van der Waals surface area contributed by atoms with Crippen LogP contribution in [0.25, 0.3) is 0 Å². The molecule has 0 saturated carbocycles. The van der Waals surface area contributed by atoms with Gasteiger partial charge in [0.15, 0.2) is 5.75 Å². The van der Waals surface area contributed by atoms with E-state index in [2.05, 4.69) is 15.5 Å². The molecule has 0 bridgehead atoms. The number of aromatic nitrogens is 4. The van der Waals surface area contributed by atoms with Gasteiger partial charge in [-0.3, -0.25) is 0 Å². The minimum atomic E-state index is -0.747. The maximum atomic E-state index is 10.2. The zero-order valence-electron chi connectivity index (χ0n) is 15.0. The average Bonchev–Trinajstić information content (AvgIpc) is 3.13. The smallest absolute Gasteiger partial charge is 0.209 e. The van der Waals surface area contributed by atoms with E-state index in [1.165, 1.54) is 11.8 Å². The molecule has 0 aliphatic carbocycles. The zero-order valence-corrected chi connectivity index (χ0v) is 17.3. The van der Waals surface area contributed by atoms with Crippen molar-refractivity contribution in [2.75, 3.05) is 19.5 Å². The van der Waals surface area contributed by atoms with Crippen LogP contribution in [0.5, 0.6) is 11.5 Å². The molecule has 0 radical (unpaired) electrons. The number of halogens is 2. The number of ether oxygens (including phenoxy) is 2. The first-order valence-corrected chi connectivity index (χ1v) is 10.1. The van der Waals surface area contributed by atoms with Crippen molar-refractivity contribution >= 4 is 35.0 Å². The second-order valence-corrected chi connectivity index (χ2v) is 7.60. The van der Waals surface area contributed by atoms with Crippen LogP contribution in [0.2, 0.25) is 10.0 Å². The fraction of sp³-hybridized carbons (Fsp3) is 0.278. The fourth-order valence-corrected chi connectivity index (χ4v) is 3.61. The second-order valence-electron chi connectivity index (χ2n) is 5.79. The number of methoxy groups -OCH3 is 1. The highest BCUT2D eigenvalue weighted by atomic mass is 35.5. The van der Waals surface area contributed by atoms with Crippen molar-refractivity contribution in [1.82, 2.24) is 20.2 Å². The Morgan fingerprint density at radius 1 is 1.14 bits per heavy atom. The summed E-state index contributed by atoms with van der Waals surface area (Å²) in [6, 6.07) is 12.7. The molecule has 0 amide bonds. The molecule has 3 aromatic rings. The summed E-state index contributed by atoms with van der Waals surface area (Å²) in [7, 11) is 1.62. The highest BCUT2D eigenvalue weighted by molar-refractivity contribution is 7.99. The van der Waals surface area contributed by atoms with Crippen LogP contribution in [0.15, 0.2) is 47.6 Å². The molecule has 1 aromatic heterocycles. The maximum Gasteiger partial charge on any atom is 0.209 e. The van der Waals surface area contributed by atoms with E-state index in [1.807, 2.05) is 24.3 Å². The van der Waals surface area contributed by atoms with Gasteiger partial charge in [0.05, 0.1) is 29.8 Å². The number of para-hydroxylation sites is 1. The lowest BCUT2D eigenvalue weighted by molar-refractivity contribution is 0.126. The van der Waals surface area contributed by atoms with E-state index in [1.54, 1.807) is 30.0 Å². The van der Waals surface area contributed by atoms with Crippen molar-refractivity contribution in [3.8, 4) is 11.5 Å². The molecule has 0 fully saturated rings. The summed E-state index contributed by atoms with van der Waals surface area (Å²) in [5.41, 5.74) is 1.03. The fourth-order valence-electron chi connectivity index (χ4n) is 2.32. The van der Waals surface area contributed by atoms with E-state index in [4.69, 9.17) is 32.7 Å². The molecule has 0 aliphatic heterocycles. The minimum Gasteiger partial charge on any atom is -0.497 e. The van der Waals surface area contributed by atoms with Crippen molar-refractivity contribution in [3.05, 3.63) is 58.1 Å². The maximum absolute atomic E-state index is 10.2. The molecule has 28 heavy (non-hydrogen) atoms. The molecule has 1 unspecified atom stereocenters. The molecule has 7 nitrogen and oxygen atoms in total. The van der Waals surface area contributed by atoms with Crippen LogP contribution in [-0.4, -0.2) is 50.9 Å².